The van der Waals surface area contributed by atoms with Crippen LogP contribution in [0.25, 0.3) is 0 Å². The van der Waals surface area contributed by atoms with E-state index in [9.17, 15) is 0 Å². The Labute approximate surface area is 107 Å². The minimum Gasteiger partial charge on any atom is -0.341 e. The first kappa shape index (κ1) is 13.3. The molecule has 1 aromatic rings. The quantitative estimate of drug-likeness (QED) is 0.671. The number of hydrogen-bond acceptors (Lipinski definition) is 0. The molecule has 69 valence electrons. The van der Waals surface area contributed by atoms with Crippen LogP contribution in [0, 0.1) is 40.7 Å². The maximum absolute atomic E-state index is 3.90. The van der Waals surface area contributed by atoms with Gasteiger partial charge in [-0.3, -0.25) is 0 Å². The molecule has 1 radical (unpaired) electrons. The van der Waals surface area contributed by atoms with Crippen LogP contribution in [0.4, 0.5) is 0 Å². The van der Waals surface area contributed by atoms with Crippen molar-refractivity contribution in [1.82, 2.24) is 0 Å². The molecule has 0 spiro atoms. The third kappa shape index (κ3) is 2.64. The number of benzene rings is 1. The van der Waals surface area contributed by atoms with Crippen molar-refractivity contribution in [2.45, 2.75) is 34.1 Å². The fraction of sp³-hybridized carbons (Fsp3) is 0.417. The molecule has 0 N–H and O–H groups in total. The van der Waals surface area contributed by atoms with Gasteiger partial charge >= 0.3 is 0 Å². The fourth-order valence-electron chi connectivity index (χ4n) is 1.45. The van der Waals surface area contributed by atoms with Crippen molar-refractivity contribution in [3.8, 4) is 0 Å². The van der Waals surface area contributed by atoms with Gasteiger partial charge in [0.15, 0.2) is 0 Å². The van der Waals surface area contributed by atoms with E-state index in [2.05, 4.69) is 40.7 Å². The molecule has 1 aromatic carbocycles. The third-order valence-corrected chi connectivity index (χ3v) is 2.73. The van der Waals surface area contributed by atoms with Crippen molar-refractivity contribution in [1.29, 1.82) is 0 Å². The number of rotatable bonds is 1. The molecule has 0 unspecified atom stereocenters. The molecule has 0 aliphatic carbocycles. The Hall–Kier alpha value is 0.324. The van der Waals surface area contributed by atoms with E-state index in [4.69, 9.17) is 0 Å². The Morgan fingerprint density at radius 1 is 1.00 bits per heavy atom. The normalized spacial score (nSPS) is 9.62. The van der Waals surface area contributed by atoms with Gasteiger partial charge in [0.2, 0.25) is 0 Å². The second-order valence-electron chi connectivity index (χ2n) is 3.35. The standard InChI is InChI=1S/C12H16.Y/c1-6-12-7-8(2)9(3)10(4)11(12)5;/h1,6H2,2-5H3;/q-2;. The van der Waals surface area contributed by atoms with Crippen LogP contribution < -0.4 is 0 Å². The molecular weight excluding hydrogens is 233 g/mol. The zero-order valence-corrected chi connectivity index (χ0v) is 11.8. The minimum atomic E-state index is 0. The van der Waals surface area contributed by atoms with Crippen molar-refractivity contribution in [3.63, 3.8) is 0 Å². The number of hydrogen-bond donors (Lipinski definition) is 0. The summed E-state index contributed by atoms with van der Waals surface area (Å²) in [6, 6.07) is 3.37. The van der Waals surface area contributed by atoms with Crippen LogP contribution in [0.15, 0.2) is 0 Å². The third-order valence-electron chi connectivity index (χ3n) is 2.73. The summed E-state index contributed by atoms with van der Waals surface area (Å²) in [4.78, 5) is 0. The molecular formula is C12H16Y-2. The van der Waals surface area contributed by atoms with Crippen LogP contribution in [-0.2, 0) is 39.1 Å². The van der Waals surface area contributed by atoms with Gasteiger partial charge in [-0.05, 0) is 0 Å². The summed E-state index contributed by atoms with van der Waals surface area (Å²) >= 11 is 0. The van der Waals surface area contributed by atoms with E-state index in [1.165, 1.54) is 27.8 Å². The fourth-order valence-corrected chi connectivity index (χ4v) is 1.45. The first-order chi connectivity index (χ1) is 5.57. The molecule has 0 saturated heterocycles. The van der Waals surface area contributed by atoms with Gasteiger partial charge in [-0.25, -0.2) is 0 Å². The van der Waals surface area contributed by atoms with Crippen LogP contribution in [0.1, 0.15) is 27.8 Å². The average molecular weight is 249 g/mol. The summed E-state index contributed by atoms with van der Waals surface area (Å²) in [6.45, 7) is 12.5. The summed E-state index contributed by atoms with van der Waals surface area (Å²) < 4.78 is 0. The van der Waals surface area contributed by atoms with Crippen molar-refractivity contribution in [2.75, 3.05) is 0 Å². The molecule has 0 saturated carbocycles. The summed E-state index contributed by atoms with van der Waals surface area (Å²) in [6.07, 6.45) is 0.841. The Balaban J connectivity index is 0.00000144. The molecule has 0 heterocycles. The van der Waals surface area contributed by atoms with Gasteiger partial charge < -0.3 is 6.92 Å². The largest absolute Gasteiger partial charge is 0.341 e. The predicted molar refractivity (Wildman–Crippen MR) is 53.3 cm³/mol. The van der Waals surface area contributed by atoms with Crippen LogP contribution in [-0.4, -0.2) is 0 Å². The van der Waals surface area contributed by atoms with Crippen LogP contribution in [0.5, 0.6) is 0 Å². The molecule has 1 heteroatoms. The van der Waals surface area contributed by atoms with Gasteiger partial charge in [-0.15, -0.1) is 0 Å². The van der Waals surface area contributed by atoms with Gasteiger partial charge in [0, 0.05) is 32.7 Å². The monoisotopic (exact) mass is 249 g/mol. The maximum atomic E-state index is 3.90. The van der Waals surface area contributed by atoms with E-state index < -0.39 is 0 Å². The van der Waals surface area contributed by atoms with Crippen LogP contribution >= 0.6 is 0 Å². The SMILES string of the molecule is [CH2-]Cc1[c-]c(C)c(C)c(C)c1C.[Y]. The van der Waals surface area contributed by atoms with E-state index in [-0.39, 0.29) is 32.7 Å². The molecule has 0 aliphatic rings. The molecule has 0 fully saturated rings. The zero-order chi connectivity index (χ0) is 9.30. The first-order valence-electron chi connectivity index (χ1n) is 4.35. The summed E-state index contributed by atoms with van der Waals surface area (Å²) in [5.41, 5.74) is 6.63. The van der Waals surface area contributed by atoms with Crippen LogP contribution in [0.2, 0.25) is 0 Å². The number of aryl methyl sites for hydroxylation is 1. The first-order valence-corrected chi connectivity index (χ1v) is 4.35. The smallest absolute Gasteiger partial charge is 0 e. The topological polar surface area (TPSA) is 0 Å². The Morgan fingerprint density at radius 2 is 1.54 bits per heavy atom. The molecule has 0 amide bonds. The van der Waals surface area contributed by atoms with Crippen LogP contribution in [0.3, 0.4) is 0 Å². The summed E-state index contributed by atoms with van der Waals surface area (Å²) in [7, 11) is 0. The second kappa shape index (κ2) is 5.27. The predicted octanol–water partition coefficient (Wildman–Crippen LogP) is 3.09. The summed E-state index contributed by atoms with van der Waals surface area (Å²) in [5, 5.41) is 0. The molecule has 0 nitrogen and oxygen atoms in total. The Morgan fingerprint density at radius 3 is 2.00 bits per heavy atom. The Kier molecular flexibility index (Phi) is 5.40. The molecule has 0 aliphatic heterocycles. The minimum absolute atomic E-state index is 0. The van der Waals surface area contributed by atoms with Gasteiger partial charge in [0.1, 0.15) is 0 Å². The van der Waals surface area contributed by atoms with Gasteiger partial charge in [0.25, 0.3) is 0 Å². The molecule has 0 atom stereocenters. The zero-order valence-electron chi connectivity index (χ0n) is 8.99. The Bertz CT molecular complexity index is 300. The van der Waals surface area contributed by atoms with Gasteiger partial charge in [-0.2, -0.15) is 40.3 Å². The van der Waals surface area contributed by atoms with E-state index in [0.717, 1.165) is 6.42 Å². The molecule has 1 rings (SSSR count). The van der Waals surface area contributed by atoms with Gasteiger partial charge in [0.05, 0.1) is 0 Å². The maximum Gasteiger partial charge on any atom is 0 e. The van der Waals surface area contributed by atoms with Gasteiger partial charge in [-0.1, -0.05) is 27.7 Å². The molecule has 13 heavy (non-hydrogen) atoms. The average Bonchev–Trinajstić information content (AvgIpc) is 2.08. The van der Waals surface area contributed by atoms with Crippen molar-refractivity contribution in [3.05, 3.63) is 40.8 Å². The summed E-state index contributed by atoms with van der Waals surface area (Å²) in [5.74, 6) is 0. The van der Waals surface area contributed by atoms with E-state index in [0.29, 0.717) is 0 Å². The van der Waals surface area contributed by atoms with Crippen molar-refractivity contribution in [2.24, 2.45) is 0 Å². The second-order valence-corrected chi connectivity index (χ2v) is 3.35. The van der Waals surface area contributed by atoms with E-state index in [1.54, 1.807) is 0 Å². The van der Waals surface area contributed by atoms with Crippen molar-refractivity contribution < 1.29 is 32.7 Å². The molecule has 0 aromatic heterocycles. The van der Waals surface area contributed by atoms with E-state index in [1.807, 2.05) is 0 Å². The van der Waals surface area contributed by atoms with Crippen molar-refractivity contribution >= 4 is 0 Å². The van der Waals surface area contributed by atoms with E-state index >= 15 is 0 Å². The molecule has 0 bridgehead atoms.